The van der Waals surface area contributed by atoms with Crippen molar-refractivity contribution in [3.8, 4) is 5.75 Å². The Balaban J connectivity index is 1.99. The van der Waals surface area contributed by atoms with Crippen LogP contribution in [0.25, 0.3) is 0 Å². The van der Waals surface area contributed by atoms with Gasteiger partial charge in [0, 0.05) is 13.1 Å². The third kappa shape index (κ3) is 3.42. The molecule has 1 heterocycles. The Kier molecular flexibility index (Phi) is 4.84. The SMILES string of the molecule is CCc1ccc(OC(C)C(=O)N2CCOCC2)c(N)c1. The molecule has 1 amide bonds. The summed E-state index contributed by atoms with van der Waals surface area (Å²) in [6.07, 6.45) is 0.384. The first kappa shape index (κ1) is 14.7. The van der Waals surface area contributed by atoms with Crippen molar-refractivity contribution in [1.29, 1.82) is 0 Å². The number of ether oxygens (including phenoxy) is 2. The molecule has 0 aliphatic carbocycles. The van der Waals surface area contributed by atoms with Crippen LogP contribution in [0.3, 0.4) is 0 Å². The molecule has 1 aliphatic rings. The minimum absolute atomic E-state index is 0.0210. The summed E-state index contributed by atoms with van der Waals surface area (Å²) in [6.45, 7) is 6.25. The topological polar surface area (TPSA) is 64.8 Å². The molecule has 0 aromatic heterocycles. The Bertz CT molecular complexity index is 470. The van der Waals surface area contributed by atoms with Gasteiger partial charge in [0.05, 0.1) is 18.9 Å². The molecule has 20 heavy (non-hydrogen) atoms. The normalized spacial score (nSPS) is 16.8. The smallest absolute Gasteiger partial charge is 0.263 e. The van der Waals surface area contributed by atoms with Crippen molar-refractivity contribution < 1.29 is 14.3 Å². The monoisotopic (exact) mass is 278 g/mol. The third-order valence-electron chi connectivity index (χ3n) is 3.46. The van der Waals surface area contributed by atoms with Crippen LogP contribution in [0.5, 0.6) is 5.75 Å². The van der Waals surface area contributed by atoms with E-state index < -0.39 is 6.10 Å². The first-order chi connectivity index (χ1) is 9.61. The molecule has 0 bridgehead atoms. The van der Waals surface area contributed by atoms with Crippen molar-refractivity contribution in [2.24, 2.45) is 0 Å². The van der Waals surface area contributed by atoms with E-state index in [9.17, 15) is 4.79 Å². The molecular formula is C15H22N2O3. The average molecular weight is 278 g/mol. The van der Waals surface area contributed by atoms with E-state index in [1.807, 2.05) is 18.2 Å². The molecule has 1 atom stereocenters. The standard InChI is InChI=1S/C15H22N2O3/c1-3-12-4-5-14(13(16)10-12)20-11(2)15(18)17-6-8-19-9-7-17/h4-5,10-11H,3,6-9,16H2,1-2H3. The van der Waals surface area contributed by atoms with Crippen LogP contribution >= 0.6 is 0 Å². The van der Waals surface area contributed by atoms with Crippen LogP contribution in [-0.4, -0.2) is 43.2 Å². The number of amides is 1. The highest BCUT2D eigenvalue weighted by Crippen LogP contribution is 2.24. The van der Waals surface area contributed by atoms with Crippen molar-refractivity contribution in [1.82, 2.24) is 4.90 Å². The van der Waals surface area contributed by atoms with Crippen molar-refractivity contribution in [2.45, 2.75) is 26.4 Å². The summed E-state index contributed by atoms with van der Waals surface area (Å²) in [5, 5.41) is 0. The third-order valence-corrected chi connectivity index (χ3v) is 3.46. The largest absolute Gasteiger partial charge is 0.479 e. The Morgan fingerprint density at radius 1 is 1.45 bits per heavy atom. The fraction of sp³-hybridized carbons (Fsp3) is 0.533. The number of rotatable bonds is 4. The molecular weight excluding hydrogens is 256 g/mol. The maximum absolute atomic E-state index is 12.2. The summed E-state index contributed by atoms with van der Waals surface area (Å²) in [4.78, 5) is 14.0. The number of carbonyl (C=O) groups is 1. The highest BCUT2D eigenvalue weighted by atomic mass is 16.5. The molecule has 5 heteroatoms. The van der Waals surface area contributed by atoms with Gasteiger partial charge in [0.15, 0.2) is 6.10 Å². The van der Waals surface area contributed by atoms with E-state index in [1.54, 1.807) is 11.8 Å². The van der Waals surface area contributed by atoms with Gasteiger partial charge in [0.25, 0.3) is 5.91 Å². The minimum atomic E-state index is -0.539. The average Bonchev–Trinajstić information content (AvgIpc) is 2.49. The Morgan fingerprint density at radius 2 is 2.15 bits per heavy atom. The summed E-state index contributed by atoms with van der Waals surface area (Å²) in [7, 11) is 0. The van der Waals surface area contributed by atoms with Gasteiger partial charge in [-0.25, -0.2) is 0 Å². The zero-order chi connectivity index (χ0) is 14.5. The number of anilines is 1. The number of nitrogen functional groups attached to an aromatic ring is 1. The van der Waals surface area contributed by atoms with Crippen molar-refractivity contribution in [2.75, 3.05) is 32.0 Å². The maximum atomic E-state index is 12.2. The number of nitrogens with zero attached hydrogens (tertiary/aromatic N) is 1. The molecule has 1 unspecified atom stereocenters. The molecule has 2 N–H and O–H groups in total. The van der Waals surface area contributed by atoms with Crippen molar-refractivity contribution in [3.63, 3.8) is 0 Å². The molecule has 1 saturated heterocycles. The molecule has 0 saturated carbocycles. The lowest BCUT2D eigenvalue weighted by atomic mass is 10.1. The van der Waals surface area contributed by atoms with Crippen molar-refractivity contribution >= 4 is 11.6 Å². The van der Waals surface area contributed by atoms with E-state index >= 15 is 0 Å². The molecule has 1 fully saturated rings. The van der Waals surface area contributed by atoms with Crippen LogP contribution in [0, 0.1) is 0 Å². The highest BCUT2D eigenvalue weighted by Gasteiger charge is 2.24. The quantitative estimate of drug-likeness (QED) is 0.847. The fourth-order valence-corrected chi connectivity index (χ4v) is 2.21. The zero-order valence-electron chi connectivity index (χ0n) is 12.1. The predicted molar refractivity (Wildman–Crippen MR) is 77.7 cm³/mol. The Hall–Kier alpha value is -1.75. The number of benzene rings is 1. The van der Waals surface area contributed by atoms with Crippen LogP contribution in [0.15, 0.2) is 18.2 Å². The molecule has 1 aromatic carbocycles. The van der Waals surface area contributed by atoms with Crippen LogP contribution < -0.4 is 10.5 Å². The van der Waals surface area contributed by atoms with Crippen LogP contribution in [0.4, 0.5) is 5.69 Å². The minimum Gasteiger partial charge on any atom is -0.479 e. The molecule has 5 nitrogen and oxygen atoms in total. The summed E-state index contributed by atoms with van der Waals surface area (Å²) in [5.41, 5.74) is 7.68. The van der Waals surface area contributed by atoms with E-state index in [0.717, 1.165) is 12.0 Å². The molecule has 2 rings (SSSR count). The Labute approximate surface area is 119 Å². The van der Waals surface area contributed by atoms with E-state index in [1.165, 1.54) is 0 Å². The van der Waals surface area contributed by atoms with Gasteiger partial charge in [-0.3, -0.25) is 4.79 Å². The van der Waals surface area contributed by atoms with Crippen LogP contribution in [-0.2, 0) is 16.0 Å². The maximum Gasteiger partial charge on any atom is 0.263 e. The molecule has 0 radical (unpaired) electrons. The van der Waals surface area contributed by atoms with Gasteiger partial charge in [-0.15, -0.1) is 0 Å². The zero-order valence-corrected chi connectivity index (χ0v) is 12.1. The van der Waals surface area contributed by atoms with Gasteiger partial charge in [0.1, 0.15) is 5.75 Å². The number of carbonyl (C=O) groups excluding carboxylic acids is 1. The summed E-state index contributed by atoms with van der Waals surface area (Å²) < 4.78 is 10.9. The number of hydrogen-bond donors (Lipinski definition) is 1. The van der Waals surface area contributed by atoms with Crippen LogP contribution in [0.2, 0.25) is 0 Å². The number of morpholine rings is 1. The molecule has 110 valence electrons. The lowest BCUT2D eigenvalue weighted by Gasteiger charge is -2.29. The lowest BCUT2D eigenvalue weighted by Crippen LogP contribution is -2.46. The highest BCUT2D eigenvalue weighted by molar-refractivity contribution is 5.81. The lowest BCUT2D eigenvalue weighted by molar-refractivity contribution is -0.142. The van der Waals surface area contributed by atoms with Gasteiger partial charge in [-0.2, -0.15) is 0 Å². The number of hydrogen-bond acceptors (Lipinski definition) is 4. The Morgan fingerprint density at radius 3 is 2.75 bits per heavy atom. The second kappa shape index (κ2) is 6.61. The summed E-state index contributed by atoms with van der Waals surface area (Å²) in [6, 6.07) is 5.69. The van der Waals surface area contributed by atoms with Crippen molar-refractivity contribution in [3.05, 3.63) is 23.8 Å². The van der Waals surface area contributed by atoms with Gasteiger partial charge in [-0.1, -0.05) is 13.0 Å². The van der Waals surface area contributed by atoms with E-state index in [0.29, 0.717) is 37.7 Å². The number of aryl methyl sites for hydroxylation is 1. The first-order valence-electron chi connectivity index (χ1n) is 7.03. The first-order valence-corrected chi connectivity index (χ1v) is 7.03. The fourth-order valence-electron chi connectivity index (χ4n) is 2.21. The van der Waals surface area contributed by atoms with Gasteiger partial charge in [-0.05, 0) is 31.0 Å². The van der Waals surface area contributed by atoms with Gasteiger partial charge < -0.3 is 20.1 Å². The summed E-state index contributed by atoms with van der Waals surface area (Å²) >= 11 is 0. The molecule has 0 spiro atoms. The molecule has 1 aromatic rings. The van der Waals surface area contributed by atoms with Crippen LogP contribution in [0.1, 0.15) is 19.4 Å². The summed E-state index contributed by atoms with van der Waals surface area (Å²) in [5.74, 6) is 0.545. The van der Waals surface area contributed by atoms with Gasteiger partial charge >= 0.3 is 0 Å². The molecule has 1 aliphatic heterocycles. The second-order valence-electron chi connectivity index (χ2n) is 4.92. The van der Waals surface area contributed by atoms with E-state index in [-0.39, 0.29) is 5.91 Å². The number of nitrogens with two attached hydrogens (primary N) is 1. The predicted octanol–water partition coefficient (Wildman–Crippen LogP) is 1.46. The van der Waals surface area contributed by atoms with E-state index in [4.69, 9.17) is 15.2 Å². The van der Waals surface area contributed by atoms with Gasteiger partial charge in [0.2, 0.25) is 0 Å². The van der Waals surface area contributed by atoms with E-state index in [2.05, 4.69) is 6.92 Å². The second-order valence-corrected chi connectivity index (χ2v) is 4.92.